The number of nitrogens with zero attached hydrogens (tertiary/aromatic N) is 2. The van der Waals surface area contributed by atoms with E-state index in [9.17, 15) is 9.90 Å². The van der Waals surface area contributed by atoms with Gasteiger partial charge in [0, 0.05) is 25.1 Å². The molecular weight excluding hydrogens is 258 g/mol. The van der Waals surface area contributed by atoms with Crippen molar-refractivity contribution >= 4 is 5.82 Å². The lowest BCUT2D eigenvalue weighted by molar-refractivity contribution is -0.101. The number of rotatable bonds is 3. The molecule has 1 aliphatic heterocycles. The molecule has 2 fully saturated rings. The van der Waals surface area contributed by atoms with E-state index >= 15 is 0 Å². The van der Waals surface area contributed by atoms with Crippen LogP contribution in [0.5, 0.6) is 0 Å². The van der Waals surface area contributed by atoms with Crippen LogP contribution < -0.4 is 10.5 Å². The molecule has 0 aromatic carbocycles. The predicted octanol–water partition coefficient (Wildman–Crippen LogP) is 0.623. The molecule has 1 aliphatic carbocycles. The summed E-state index contributed by atoms with van der Waals surface area (Å²) in [6.07, 6.45) is 1.95. The van der Waals surface area contributed by atoms with Gasteiger partial charge in [-0.15, -0.1) is 0 Å². The van der Waals surface area contributed by atoms with E-state index in [0.29, 0.717) is 24.8 Å². The number of aliphatic hydroxyl groups excluding tert-OH is 1. The van der Waals surface area contributed by atoms with Gasteiger partial charge in [-0.1, -0.05) is 0 Å². The quantitative estimate of drug-likeness (QED) is 0.848. The summed E-state index contributed by atoms with van der Waals surface area (Å²) in [4.78, 5) is 21.2. The van der Waals surface area contributed by atoms with Crippen LogP contribution in [0.2, 0.25) is 0 Å². The minimum Gasteiger partial charge on any atom is -0.394 e. The number of ether oxygens (including phenoxy) is 1. The van der Waals surface area contributed by atoms with Crippen molar-refractivity contribution in [1.82, 2.24) is 9.97 Å². The van der Waals surface area contributed by atoms with Crippen molar-refractivity contribution < 1.29 is 9.84 Å². The maximum absolute atomic E-state index is 11.8. The molecule has 0 spiro atoms. The van der Waals surface area contributed by atoms with Crippen LogP contribution in [0.1, 0.15) is 38.4 Å². The van der Waals surface area contributed by atoms with E-state index in [2.05, 4.69) is 9.97 Å². The Balaban J connectivity index is 1.89. The van der Waals surface area contributed by atoms with Gasteiger partial charge in [-0.25, -0.2) is 4.98 Å². The van der Waals surface area contributed by atoms with Crippen molar-refractivity contribution in [2.45, 2.75) is 44.3 Å². The average Bonchev–Trinajstić information content (AvgIpc) is 3.20. The summed E-state index contributed by atoms with van der Waals surface area (Å²) < 4.78 is 5.79. The molecule has 6 nitrogen and oxygen atoms in total. The lowest BCUT2D eigenvalue weighted by atomic mass is 10.1. The van der Waals surface area contributed by atoms with Crippen LogP contribution >= 0.6 is 0 Å². The molecule has 1 atom stereocenters. The smallest absolute Gasteiger partial charge is 0.252 e. The van der Waals surface area contributed by atoms with Crippen molar-refractivity contribution in [3.63, 3.8) is 0 Å². The number of aliphatic hydroxyl groups is 1. The van der Waals surface area contributed by atoms with Crippen LogP contribution in [0.4, 0.5) is 5.82 Å². The predicted molar refractivity (Wildman–Crippen MR) is 75.1 cm³/mol. The van der Waals surface area contributed by atoms with Crippen molar-refractivity contribution in [3.8, 4) is 0 Å². The SMILES string of the molecule is CC1(C)CN(c2cc(=O)[nH]c(C3CC3)n2)CC(CO)O1. The van der Waals surface area contributed by atoms with E-state index in [-0.39, 0.29) is 23.9 Å². The molecule has 110 valence electrons. The summed E-state index contributed by atoms with van der Waals surface area (Å²) >= 11 is 0. The van der Waals surface area contributed by atoms with Crippen LogP contribution in [-0.2, 0) is 4.74 Å². The molecule has 1 unspecified atom stereocenters. The van der Waals surface area contributed by atoms with Gasteiger partial charge in [0.2, 0.25) is 0 Å². The molecule has 2 N–H and O–H groups in total. The number of aromatic amines is 1. The highest BCUT2D eigenvalue weighted by molar-refractivity contribution is 5.39. The standard InChI is InChI=1S/C14H21N3O3/c1-14(2)8-17(6-10(7-18)20-14)11-5-12(19)16-13(15-11)9-3-4-9/h5,9-10,18H,3-4,6-8H2,1-2H3,(H,15,16,19). The highest BCUT2D eigenvalue weighted by atomic mass is 16.5. The molecule has 0 bridgehead atoms. The monoisotopic (exact) mass is 279 g/mol. The second-order valence-electron chi connectivity index (χ2n) is 6.33. The molecule has 20 heavy (non-hydrogen) atoms. The molecule has 3 rings (SSSR count). The Morgan fingerprint density at radius 1 is 1.55 bits per heavy atom. The summed E-state index contributed by atoms with van der Waals surface area (Å²) in [6, 6.07) is 1.53. The second-order valence-corrected chi connectivity index (χ2v) is 6.33. The number of nitrogens with one attached hydrogen (secondary N) is 1. The Morgan fingerprint density at radius 3 is 2.95 bits per heavy atom. The summed E-state index contributed by atoms with van der Waals surface area (Å²) in [5.74, 6) is 1.88. The van der Waals surface area contributed by atoms with E-state index in [1.54, 1.807) is 0 Å². The third-order valence-electron chi connectivity index (χ3n) is 3.72. The maximum Gasteiger partial charge on any atom is 0.252 e. The topological polar surface area (TPSA) is 78.5 Å². The Kier molecular flexibility index (Phi) is 3.30. The molecule has 2 aliphatic rings. The Hall–Kier alpha value is -1.40. The van der Waals surface area contributed by atoms with E-state index in [4.69, 9.17) is 4.74 Å². The third-order valence-corrected chi connectivity index (χ3v) is 3.72. The second kappa shape index (κ2) is 4.86. The van der Waals surface area contributed by atoms with E-state index in [0.717, 1.165) is 18.7 Å². The maximum atomic E-state index is 11.8. The first kappa shape index (κ1) is 13.6. The summed E-state index contributed by atoms with van der Waals surface area (Å²) in [7, 11) is 0. The average molecular weight is 279 g/mol. The zero-order valence-electron chi connectivity index (χ0n) is 11.9. The van der Waals surface area contributed by atoms with Crippen LogP contribution in [0.3, 0.4) is 0 Å². The summed E-state index contributed by atoms with van der Waals surface area (Å²) in [6.45, 7) is 5.15. The molecule has 1 aromatic rings. The molecular formula is C14H21N3O3. The normalized spacial score (nSPS) is 25.8. The Bertz CT molecular complexity index is 551. The Labute approximate surface area is 117 Å². The van der Waals surface area contributed by atoms with Gasteiger partial charge in [0.05, 0.1) is 18.3 Å². The molecule has 1 saturated carbocycles. The third kappa shape index (κ3) is 2.86. The van der Waals surface area contributed by atoms with Crippen molar-refractivity contribution in [2.24, 2.45) is 0 Å². The van der Waals surface area contributed by atoms with Crippen molar-refractivity contribution in [2.75, 3.05) is 24.6 Å². The fraction of sp³-hybridized carbons (Fsp3) is 0.714. The van der Waals surface area contributed by atoms with Crippen molar-refractivity contribution in [3.05, 3.63) is 22.2 Å². The minimum absolute atomic E-state index is 0.0292. The highest BCUT2D eigenvalue weighted by Crippen LogP contribution is 2.38. The highest BCUT2D eigenvalue weighted by Gasteiger charge is 2.34. The van der Waals surface area contributed by atoms with Crippen molar-refractivity contribution in [1.29, 1.82) is 0 Å². The summed E-state index contributed by atoms with van der Waals surface area (Å²) in [5.41, 5.74) is -0.475. The minimum atomic E-state index is -0.365. The van der Waals surface area contributed by atoms with Gasteiger partial charge in [-0.2, -0.15) is 0 Å². The fourth-order valence-corrected chi connectivity index (χ4v) is 2.74. The summed E-state index contributed by atoms with van der Waals surface area (Å²) in [5, 5.41) is 9.36. The van der Waals surface area contributed by atoms with Crippen LogP contribution in [-0.4, -0.2) is 46.5 Å². The van der Waals surface area contributed by atoms with Crippen LogP contribution in [0, 0.1) is 0 Å². The molecule has 1 aromatic heterocycles. The van der Waals surface area contributed by atoms with Gasteiger partial charge in [0.15, 0.2) is 0 Å². The number of hydrogen-bond acceptors (Lipinski definition) is 5. The number of morpholine rings is 1. The molecule has 0 amide bonds. The van der Waals surface area contributed by atoms with Gasteiger partial charge < -0.3 is 19.7 Å². The zero-order valence-corrected chi connectivity index (χ0v) is 11.9. The fourth-order valence-electron chi connectivity index (χ4n) is 2.74. The largest absolute Gasteiger partial charge is 0.394 e. The number of aromatic nitrogens is 2. The van der Waals surface area contributed by atoms with Gasteiger partial charge >= 0.3 is 0 Å². The first-order chi connectivity index (χ1) is 9.47. The Morgan fingerprint density at radius 2 is 2.30 bits per heavy atom. The number of hydrogen-bond donors (Lipinski definition) is 2. The lowest BCUT2D eigenvalue weighted by Gasteiger charge is -2.42. The molecule has 1 saturated heterocycles. The first-order valence-corrected chi connectivity index (χ1v) is 7.12. The van der Waals surface area contributed by atoms with E-state index in [1.165, 1.54) is 6.07 Å². The van der Waals surface area contributed by atoms with Gasteiger partial charge in [-0.05, 0) is 26.7 Å². The molecule has 0 radical (unpaired) electrons. The lowest BCUT2D eigenvalue weighted by Crippen LogP contribution is -2.54. The molecule has 6 heteroatoms. The van der Waals surface area contributed by atoms with Gasteiger partial charge in [-0.3, -0.25) is 4.79 Å². The van der Waals surface area contributed by atoms with E-state index < -0.39 is 0 Å². The van der Waals surface area contributed by atoms with Gasteiger partial charge in [0.1, 0.15) is 11.6 Å². The van der Waals surface area contributed by atoms with Crippen LogP contribution in [0.25, 0.3) is 0 Å². The number of H-pyrrole nitrogens is 1. The molecule has 2 heterocycles. The van der Waals surface area contributed by atoms with Gasteiger partial charge in [0.25, 0.3) is 5.56 Å². The first-order valence-electron chi connectivity index (χ1n) is 7.12. The number of anilines is 1. The van der Waals surface area contributed by atoms with E-state index in [1.807, 2.05) is 18.7 Å². The van der Waals surface area contributed by atoms with Crippen LogP contribution in [0.15, 0.2) is 10.9 Å². The zero-order chi connectivity index (χ0) is 14.3.